The Labute approximate surface area is 112 Å². The summed E-state index contributed by atoms with van der Waals surface area (Å²) in [5, 5.41) is 4.14. The normalized spacial score (nSPS) is 11.0. The van der Waals surface area contributed by atoms with E-state index >= 15 is 0 Å². The number of benzene rings is 1. The Bertz CT molecular complexity index is 582. The fourth-order valence-corrected chi connectivity index (χ4v) is 1.73. The molecule has 1 aromatic carbocycles. The van der Waals surface area contributed by atoms with Gasteiger partial charge in [-0.25, -0.2) is 0 Å². The molecule has 1 heterocycles. The first-order chi connectivity index (χ1) is 9.17. The Balaban J connectivity index is 1.95. The molecule has 0 amide bonds. The third-order valence-corrected chi connectivity index (χ3v) is 2.79. The molecule has 2 rings (SSSR count). The van der Waals surface area contributed by atoms with Crippen LogP contribution in [0.1, 0.15) is 18.1 Å². The summed E-state index contributed by atoms with van der Waals surface area (Å²) in [6.07, 6.45) is 7.40. The molecule has 4 nitrogen and oxygen atoms in total. The lowest BCUT2D eigenvalue weighted by Gasteiger charge is -1.95. The summed E-state index contributed by atoms with van der Waals surface area (Å²) in [6, 6.07) is 7.40. The van der Waals surface area contributed by atoms with Gasteiger partial charge in [-0.1, -0.05) is 18.2 Å². The number of aryl methyl sites for hydroxylation is 1. The summed E-state index contributed by atoms with van der Waals surface area (Å²) in [5.41, 5.74) is 8.22. The number of hydrogen-bond acceptors (Lipinski definition) is 3. The largest absolute Gasteiger partial charge is 0.399 e. The second kappa shape index (κ2) is 6.00. The van der Waals surface area contributed by atoms with Crippen LogP contribution in [0.15, 0.2) is 42.7 Å². The monoisotopic (exact) mass is 255 g/mol. The van der Waals surface area contributed by atoms with Gasteiger partial charge in [0.25, 0.3) is 0 Å². The van der Waals surface area contributed by atoms with Crippen molar-refractivity contribution in [2.45, 2.75) is 19.9 Å². The van der Waals surface area contributed by atoms with Crippen molar-refractivity contribution >= 4 is 17.5 Å². The summed E-state index contributed by atoms with van der Waals surface area (Å²) in [6.45, 7) is 2.83. The highest BCUT2D eigenvalue weighted by atomic mass is 16.1. The molecule has 0 aliphatic heterocycles. The van der Waals surface area contributed by atoms with Gasteiger partial charge in [0, 0.05) is 24.8 Å². The van der Waals surface area contributed by atoms with E-state index < -0.39 is 0 Å². The SMILES string of the molecule is CCn1cc(CC(=O)/C=C/c2ccc(N)cc2)cn1. The first kappa shape index (κ1) is 13.1. The summed E-state index contributed by atoms with van der Waals surface area (Å²) in [7, 11) is 0. The van der Waals surface area contributed by atoms with Crippen molar-refractivity contribution < 1.29 is 4.79 Å². The molecule has 0 aliphatic rings. The van der Waals surface area contributed by atoms with Gasteiger partial charge in [0.1, 0.15) is 0 Å². The van der Waals surface area contributed by atoms with Crippen molar-refractivity contribution in [3.8, 4) is 0 Å². The Morgan fingerprint density at radius 3 is 2.74 bits per heavy atom. The number of carbonyl (C=O) groups excluding carboxylic acids is 1. The molecular formula is C15H17N3O. The fourth-order valence-electron chi connectivity index (χ4n) is 1.73. The Hall–Kier alpha value is -2.36. The number of anilines is 1. The first-order valence-electron chi connectivity index (χ1n) is 6.25. The van der Waals surface area contributed by atoms with Crippen LogP contribution >= 0.6 is 0 Å². The zero-order chi connectivity index (χ0) is 13.7. The number of rotatable bonds is 5. The molecule has 19 heavy (non-hydrogen) atoms. The van der Waals surface area contributed by atoms with Crippen LogP contribution in [0, 0.1) is 0 Å². The van der Waals surface area contributed by atoms with Gasteiger partial charge >= 0.3 is 0 Å². The van der Waals surface area contributed by atoms with Gasteiger partial charge in [0.05, 0.1) is 6.20 Å². The van der Waals surface area contributed by atoms with Gasteiger partial charge in [-0.2, -0.15) is 5.10 Å². The Morgan fingerprint density at radius 1 is 1.37 bits per heavy atom. The third kappa shape index (κ3) is 3.81. The maximum Gasteiger partial charge on any atom is 0.160 e. The third-order valence-electron chi connectivity index (χ3n) is 2.79. The highest BCUT2D eigenvalue weighted by Crippen LogP contribution is 2.08. The van der Waals surface area contributed by atoms with E-state index in [0.717, 1.165) is 23.4 Å². The van der Waals surface area contributed by atoms with E-state index in [1.165, 1.54) is 0 Å². The van der Waals surface area contributed by atoms with Crippen LogP contribution in [-0.4, -0.2) is 15.6 Å². The number of nitrogens with two attached hydrogens (primary N) is 1. The molecule has 0 radical (unpaired) electrons. The van der Waals surface area contributed by atoms with E-state index in [1.54, 1.807) is 18.3 Å². The number of nitrogen functional groups attached to an aromatic ring is 1. The van der Waals surface area contributed by atoms with Crippen LogP contribution in [0.25, 0.3) is 6.08 Å². The van der Waals surface area contributed by atoms with Crippen molar-refractivity contribution in [1.29, 1.82) is 0 Å². The van der Waals surface area contributed by atoms with Gasteiger partial charge in [0.15, 0.2) is 5.78 Å². The van der Waals surface area contributed by atoms with E-state index in [2.05, 4.69) is 5.10 Å². The highest BCUT2D eigenvalue weighted by molar-refractivity contribution is 5.94. The number of nitrogens with zero attached hydrogens (tertiary/aromatic N) is 2. The highest BCUT2D eigenvalue weighted by Gasteiger charge is 2.02. The van der Waals surface area contributed by atoms with Gasteiger partial charge in [0.2, 0.25) is 0 Å². The van der Waals surface area contributed by atoms with Gasteiger partial charge in [-0.05, 0) is 36.3 Å². The molecule has 98 valence electrons. The van der Waals surface area contributed by atoms with E-state index in [0.29, 0.717) is 6.42 Å². The van der Waals surface area contributed by atoms with Gasteiger partial charge in [-0.15, -0.1) is 0 Å². The standard InChI is InChI=1S/C15H17N3O/c1-2-18-11-13(10-17-18)9-15(19)8-5-12-3-6-14(16)7-4-12/h3-8,10-11H,2,9,16H2,1H3/b8-5+. The van der Waals surface area contributed by atoms with Crippen molar-refractivity contribution in [3.05, 3.63) is 53.9 Å². The van der Waals surface area contributed by atoms with Crippen molar-refractivity contribution in [1.82, 2.24) is 9.78 Å². The second-order valence-corrected chi connectivity index (χ2v) is 4.35. The maximum absolute atomic E-state index is 11.8. The van der Waals surface area contributed by atoms with Gasteiger partial charge in [-0.3, -0.25) is 9.48 Å². The molecule has 0 spiro atoms. The van der Waals surface area contributed by atoms with Gasteiger partial charge < -0.3 is 5.73 Å². The summed E-state index contributed by atoms with van der Waals surface area (Å²) in [4.78, 5) is 11.8. The molecule has 0 aliphatic carbocycles. The molecular weight excluding hydrogens is 238 g/mol. The molecule has 4 heteroatoms. The number of allylic oxidation sites excluding steroid dienone is 1. The topological polar surface area (TPSA) is 60.9 Å². The molecule has 0 saturated carbocycles. The second-order valence-electron chi connectivity index (χ2n) is 4.35. The minimum atomic E-state index is 0.0625. The molecule has 0 atom stereocenters. The van der Waals surface area contributed by atoms with Crippen molar-refractivity contribution in [3.63, 3.8) is 0 Å². The predicted molar refractivity (Wildman–Crippen MR) is 76.5 cm³/mol. The predicted octanol–water partition coefficient (Wildman–Crippen LogP) is 2.31. The van der Waals surface area contributed by atoms with Crippen molar-refractivity contribution in [2.75, 3.05) is 5.73 Å². The average molecular weight is 255 g/mol. The lowest BCUT2D eigenvalue weighted by Crippen LogP contribution is -1.97. The minimum Gasteiger partial charge on any atom is -0.399 e. The number of aromatic nitrogens is 2. The van der Waals surface area contributed by atoms with Crippen LogP contribution in [-0.2, 0) is 17.8 Å². The van der Waals surface area contributed by atoms with E-state index in [4.69, 9.17) is 5.73 Å². The lowest BCUT2D eigenvalue weighted by atomic mass is 10.1. The molecule has 2 aromatic rings. The molecule has 0 bridgehead atoms. The average Bonchev–Trinajstić information content (AvgIpc) is 2.86. The molecule has 0 saturated heterocycles. The number of hydrogen-bond donors (Lipinski definition) is 1. The van der Waals surface area contributed by atoms with Crippen LogP contribution < -0.4 is 5.73 Å². The van der Waals surface area contributed by atoms with E-state index in [9.17, 15) is 4.79 Å². The van der Waals surface area contributed by atoms with Crippen LogP contribution in [0.4, 0.5) is 5.69 Å². The van der Waals surface area contributed by atoms with E-state index in [1.807, 2.05) is 42.1 Å². The van der Waals surface area contributed by atoms with Crippen LogP contribution in [0.2, 0.25) is 0 Å². The fraction of sp³-hybridized carbons (Fsp3) is 0.200. The van der Waals surface area contributed by atoms with Crippen molar-refractivity contribution in [2.24, 2.45) is 0 Å². The number of carbonyl (C=O) groups is 1. The van der Waals surface area contributed by atoms with E-state index in [-0.39, 0.29) is 5.78 Å². The zero-order valence-corrected chi connectivity index (χ0v) is 10.9. The molecule has 1 aromatic heterocycles. The first-order valence-corrected chi connectivity index (χ1v) is 6.25. The quantitative estimate of drug-likeness (QED) is 0.658. The van der Waals surface area contributed by atoms with Crippen LogP contribution in [0.5, 0.6) is 0 Å². The zero-order valence-electron chi connectivity index (χ0n) is 10.9. The molecule has 2 N–H and O–H groups in total. The smallest absolute Gasteiger partial charge is 0.160 e. The Morgan fingerprint density at radius 2 is 2.11 bits per heavy atom. The summed E-state index contributed by atoms with van der Waals surface area (Å²) < 4.78 is 1.81. The maximum atomic E-state index is 11.8. The minimum absolute atomic E-state index is 0.0625. The summed E-state index contributed by atoms with van der Waals surface area (Å²) in [5.74, 6) is 0.0625. The van der Waals surface area contributed by atoms with Crippen LogP contribution in [0.3, 0.4) is 0 Å². The Kier molecular flexibility index (Phi) is 4.13. The number of ketones is 1. The molecule has 0 fully saturated rings. The lowest BCUT2D eigenvalue weighted by molar-refractivity contribution is -0.113. The summed E-state index contributed by atoms with van der Waals surface area (Å²) >= 11 is 0. The molecule has 0 unspecified atom stereocenters.